The van der Waals surface area contributed by atoms with Crippen molar-refractivity contribution in [3.05, 3.63) is 23.2 Å². The molecule has 84 valence electrons. The molecule has 0 bridgehead atoms. The quantitative estimate of drug-likeness (QED) is 0.837. The van der Waals surface area contributed by atoms with Gasteiger partial charge in [0.15, 0.2) is 0 Å². The molecule has 0 heterocycles. The maximum Gasteiger partial charge on any atom is 0.294 e. The minimum absolute atomic E-state index is 0.0564. The molecule has 0 aliphatic heterocycles. The smallest absolute Gasteiger partial charge is 0.294 e. The molecule has 0 amide bonds. The average Bonchev–Trinajstić information content (AvgIpc) is 2.05. The second-order valence-electron chi connectivity index (χ2n) is 3.23. The van der Waals surface area contributed by atoms with Crippen molar-refractivity contribution in [1.29, 1.82) is 0 Å². The van der Waals surface area contributed by atoms with Crippen molar-refractivity contribution in [2.45, 2.75) is 24.8 Å². The van der Waals surface area contributed by atoms with E-state index < -0.39 is 10.1 Å². The van der Waals surface area contributed by atoms with Gasteiger partial charge in [-0.2, -0.15) is 8.42 Å². The molecule has 0 fully saturated rings. The summed E-state index contributed by atoms with van der Waals surface area (Å²) in [6.45, 7) is 3.65. The number of ether oxygens (including phenoxy) is 1. The Bertz CT molecular complexity index is 453. The number of hydrogen-bond acceptors (Lipinski definition) is 3. The van der Waals surface area contributed by atoms with Crippen molar-refractivity contribution in [1.82, 2.24) is 0 Å². The van der Waals surface area contributed by atoms with Gasteiger partial charge in [-0.1, -0.05) is 11.6 Å². The molecule has 0 radical (unpaired) electrons. The Labute approximate surface area is 93.6 Å². The van der Waals surface area contributed by atoms with Gasteiger partial charge in [-0.3, -0.25) is 4.55 Å². The van der Waals surface area contributed by atoms with Crippen LogP contribution in [0.1, 0.15) is 13.8 Å². The van der Waals surface area contributed by atoms with Gasteiger partial charge in [0.1, 0.15) is 5.75 Å². The van der Waals surface area contributed by atoms with Gasteiger partial charge in [-0.15, -0.1) is 0 Å². The van der Waals surface area contributed by atoms with E-state index in [1.165, 1.54) is 12.1 Å². The van der Waals surface area contributed by atoms with Crippen molar-refractivity contribution in [2.24, 2.45) is 0 Å². The van der Waals surface area contributed by atoms with Gasteiger partial charge in [0, 0.05) is 0 Å². The Hall–Kier alpha value is -0.780. The van der Waals surface area contributed by atoms with Crippen LogP contribution >= 0.6 is 11.6 Å². The topological polar surface area (TPSA) is 63.6 Å². The zero-order valence-electron chi connectivity index (χ0n) is 8.27. The van der Waals surface area contributed by atoms with Crippen LogP contribution in [0.25, 0.3) is 0 Å². The lowest BCUT2D eigenvalue weighted by atomic mass is 10.3. The molecule has 0 unspecified atom stereocenters. The van der Waals surface area contributed by atoms with Crippen LogP contribution in [0.2, 0.25) is 5.02 Å². The summed E-state index contributed by atoms with van der Waals surface area (Å²) >= 11 is 5.78. The van der Waals surface area contributed by atoms with Crippen LogP contribution in [0.5, 0.6) is 5.75 Å². The van der Waals surface area contributed by atoms with Crippen molar-refractivity contribution in [3.63, 3.8) is 0 Å². The first-order valence-corrected chi connectivity index (χ1v) is 6.06. The Balaban J connectivity index is 3.09. The Morgan fingerprint density at radius 2 is 2.00 bits per heavy atom. The molecule has 0 aliphatic carbocycles. The van der Waals surface area contributed by atoms with Crippen molar-refractivity contribution < 1.29 is 17.7 Å². The highest BCUT2D eigenvalue weighted by Gasteiger charge is 2.12. The summed E-state index contributed by atoms with van der Waals surface area (Å²) in [5.41, 5.74) is 0. The number of hydrogen-bond donors (Lipinski definition) is 1. The van der Waals surface area contributed by atoms with Crippen molar-refractivity contribution in [3.8, 4) is 5.75 Å². The van der Waals surface area contributed by atoms with Crippen LogP contribution in [0, 0.1) is 0 Å². The molecule has 15 heavy (non-hydrogen) atoms. The first-order valence-electron chi connectivity index (χ1n) is 4.24. The highest BCUT2D eigenvalue weighted by atomic mass is 35.5. The van der Waals surface area contributed by atoms with Crippen molar-refractivity contribution >= 4 is 21.7 Å². The van der Waals surface area contributed by atoms with Gasteiger partial charge >= 0.3 is 0 Å². The highest BCUT2D eigenvalue weighted by Crippen LogP contribution is 2.27. The van der Waals surface area contributed by atoms with Crippen LogP contribution < -0.4 is 4.74 Å². The third-order valence-electron chi connectivity index (χ3n) is 1.56. The largest absolute Gasteiger partial charge is 0.489 e. The predicted octanol–water partition coefficient (Wildman–Crippen LogP) is 2.37. The fraction of sp³-hybridized carbons (Fsp3) is 0.333. The monoisotopic (exact) mass is 250 g/mol. The SMILES string of the molecule is CC(C)Oc1ccc(S(=O)(=O)O)cc1Cl. The molecule has 1 rings (SSSR count). The van der Waals surface area contributed by atoms with Crippen LogP contribution in [-0.4, -0.2) is 19.1 Å². The number of halogens is 1. The summed E-state index contributed by atoms with van der Waals surface area (Å²) in [5.74, 6) is 0.388. The molecule has 4 nitrogen and oxygen atoms in total. The van der Waals surface area contributed by atoms with Gasteiger partial charge < -0.3 is 4.74 Å². The molecule has 0 atom stereocenters. The van der Waals surface area contributed by atoms with Gasteiger partial charge in [0.25, 0.3) is 10.1 Å². The molecule has 0 saturated heterocycles. The van der Waals surface area contributed by atoms with Crippen LogP contribution in [0.4, 0.5) is 0 Å². The molecule has 0 saturated carbocycles. The Morgan fingerprint density at radius 3 is 2.40 bits per heavy atom. The summed E-state index contributed by atoms with van der Waals surface area (Å²) in [7, 11) is -4.21. The summed E-state index contributed by atoms with van der Waals surface area (Å²) < 4.78 is 35.6. The fourth-order valence-electron chi connectivity index (χ4n) is 0.992. The Morgan fingerprint density at radius 1 is 1.40 bits per heavy atom. The maximum atomic E-state index is 10.8. The third kappa shape index (κ3) is 3.37. The van der Waals surface area contributed by atoms with Gasteiger partial charge in [0.2, 0.25) is 0 Å². The molecule has 0 aromatic heterocycles. The number of rotatable bonds is 3. The van der Waals surface area contributed by atoms with Crippen LogP contribution in [-0.2, 0) is 10.1 Å². The minimum Gasteiger partial charge on any atom is -0.489 e. The predicted molar refractivity (Wildman–Crippen MR) is 57.0 cm³/mol. The zero-order chi connectivity index (χ0) is 11.6. The molecular weight excluding hydrogens is 240 g/mol. The molecular formula is C9H11ClO4S. The summed E-state index contributed by atoms with van der Waals surface area (Å²) in [4.78, 5) is -0.247. The lowest BCUT2D eigenvalue weighted by molar-refractivity contribution is 0.242. The standard InChI is InChI=1S/C9H11ClO4S/c1-6(2)14-9-4-3-7(5-8(9)10)15(11,12)13/h3-6H,1-2H3,(H,11,12,13). The van der Waals surface area contributed by atoms with E-state index in [1.807, 2.05) is 13.8 Å². The van der Waals surface area contributed by atoms with Crippen LogP contribution in [0.3, 0.4) is 0 Å². The molecule has 1 aromatic carbocycles. The fourth-order valence-corrected chi connectivity index (χ4v) is 1.79. The normalized spacial score (nSPS) is 11.8. The average molecular weight is 251 g/mol. The van der Waals surface area contributed by atoms with E-state index in [9.17, 15) is 8.42 Å². The van der Waals surface area contributed by atoms with E-state index in [0.717, 1.165) is 6.07 Å². The van der Waals surface area contributed by atoms with Crippen LogP contribution in [0.15, 0.2) is 23.1 Å². The highest BCUT2D eigenvalue weighted by molar-refractivity contribution is 7.85. The van der Waals surface area contributed by atoms with E-state index in [4.69, 9.17) is 20.9 Å². The molecule has 6 heteroatoms. The van der Waals surface area contributed by atoms with E-state index in [2.05, 4.69) is 0 Å². The van der Waals surface area contributed by atoms with Crippen molar-refractivity contribution in [2.75, 3.05) is 0 Å². The van der Waals surface area contributed by atoms with Gasteiger partial charge in [0.05, 0.1) is 16.0 Å². The van der Waals surface area contributed by atoms with E-state index in [1.54, 1.807) is 0 Å². The molecule has 0 aliphatic rings. The summed E-state index contributed by atoms with van der Waals surface area (Å²) in [6.07, 6.45) is -0.0564. The van der Waals surface area contributed by atoms with E-state index in [-0.39, 0.29) is 16.0 Å². The molecule has 1 aromatic rings. The molecule has 1 N–H and O–H groups in total. The minimum atomic E-state index is -4.21. The third-order valence-corrected chi connectivity index (χ3v) is 2.71. The maximum absolute atomic E-state index is 10.8. The number of benzene rings is 1. The van der Waals surface area contributed by atoms with E-state index in [0.29, 0.717) is 5.75 Å². The zero-order valence-corrected chi connectivity index (χ0v) is 9.84. The molecule has 0 spiro atoms. The summed E-state index contributed by atoms with van der Waals surface area (Å²) in [5, 5.41) is 0.152. The first kappa shape index (κ1) is 12.3. The lowest BCUT2D eigenvalue weighted by Gasteiger charge is -2.11. The second-order valence-corrected chi connectivity index (χ2v) is 5.06. The lowest BCUT2D eigenvalue weighted by Crippen LogP contribution is -2.06. The van der Waals surface area contributed by atoms with Gasteiger partial charge in [-0.05, 0) is 32.0 Å². The van der Waals surface area contributed by atoms with Gasteiger partial charge in [-0.25, -0.2) is 0 Å². The second kappa shape index (κ2) is 4.38. The summed E-state index contributed by atoms with van der Waals surface area (Å²) in [6, 6.07) is 3.79. The Kier molecular flexibility index (Phi) is 3.59. The first-order chi connectivity index (χ1) is 6.80. The van der Waals surface area contributed by atoms with E-state index >= 15 is 0 Å².